The van der Waals surface area contributed by atoms with Gasteiger partial charge in [-0.2, -0.15) is 0 Å². The second-order valence-corrected chi connectivity index (χ2v) is 5.91. The zero-order chi connectivity index (χ0) is 12.3. The van der Waals surface area contributed by atoms with E-state index in [1.54, 1.807) is 0 Å². The van der Waals surface area contributed by atoms with Gasteiger partial charge < -0.3 is 10.2 Å². The van der Waals surface area contributed by atoms with Crippen molar-refractivity contribution in [3.05, 3.63) is 23.2 Å². The first-order valence-corrected chi connectivity index (χ1v) is 5.88. The first-order chi connectivity index (χ1) is 7.29. The van der Waals surface area contributed by atoms with Crippen molar-refractivity contribution < 1.29 is 0 Å². The van der Waals surface area contributed by atoms with E-state index in [0.717, 1.165) is 22.9 Å². The highest BCUT2D eigenvalue weighted by molar-refractivity contribution is 6.31. The van der Waals surface area contributed by atoms with Crippen LogP contribution in [0.1, 0.15) is 20.8 Å². The predicted octanol–water partition coefficient (Wildman–Crippen LogP) is 3.86. The third-order valence-electron chi connectivity index (χ3n) is 2.25. The van der Waals surface area contributed by atoms with E-state index in [-0.39, 0.29) is 5.41 Å². The Morgan fingerprint density at radius 2 is 1.88 bits per heavy atom. The SMILES string of the molecule is CN(C)c1ccc(Cl)cc1NCC(C)(C)C. The summed E-state index contributed by atoms with van der Waals surface area (Å²) in [5.41, 5.74) is 2.51. The standard InChI is InChI=1S/C13H21ClN2/c1-13(2,3)9-15-11-8-10(14)6-7-12(11)16(4)5/h6-8,15H,9H2,1-5H3. The summed E-state index contributed by atoms with van der Waals surface area (Å²) in [5, 5.41) is 4.22. The summed E-state index contributed by atoms with van der Waals surface area (Å²) >= 11 is 6.01. The first kappa shape index (κ1) is 13.2. The molecule has 0 saturated heterocycles. The molecule has 1 rings (SSSR count). The molecule has 0 fully saturated rings. The topological polar surface area (TPSA) is 15.3 Å². The highest BCUT2D eigenvalue weighted by Crippen LogP contribution is 2.28. The monoisotopic (exact) mass is 240 g/mol. The van der Waals surface area contributed by atoms with Gasteiger partial charge in [0, 0.05) is 25.7 Å². The van der Waals surface area contributed by atoms with Crippen molar-refractivity contribution in [1.29, 1.82) is 0 Å². The quantitative estimate of drug-likeness (QED) is 0.863. The maximum absolute atomic E-state index is 6.01. The Hall–Kier alpha value is -0.890. The molecule has 0 aromatic heterocycles. The van der Waals surface area contributed by atoms with Crippen LogP contribution in [-0.4, -0.2) is 20.6 Å². The number of halogens is 1. The van der Waals surface area contributed by atoms with Crippen molar-refractivity contribution in [1.82, 2.24) is 0 Å². The number of nitrogens with zero attached hydrogens (tertiary/aromatic N) is 1. The van der Waals surface area contributed by atoms with E-state index in [1.807, 2.05) is 32.3 Å². The molecule has 0 aliphatic heterocycles. The minimum atomic E-state index is 0.256. The minimum absolute atomic E-state index is 0.256. The van der Waals surface area contributed by atoms with Gasteiger partial charge in [0.2, 0.25) is 0 Å². The van der Waals surface area contributed by atoms with Crippen LogP contribution >= 0.6 is 11.6 Å². The molecule has 2 nitrogen and oxygen atoms in total. The molecule has 0 unspecified atom stereocenters. The van der Waals surface area contributed by atoms with Gasteiger partial charge in [-0.05, 0) is 23.6 Å². The fourth-order valence-electron chi connectivity index (χ4n) is 1.40. The van der Waals surface area contributed by atoms with Crippen LogP contribution in [-0.2, 0) is 0 Å². The number of nitrogens with one attached hydrogen (secondary N) is 1. The number of anilines is 2. The van der Waals surface area contributed by atoms with Gasteiger partial charge in [-0.15, -0.1) is 0 Å². The Kier molecular flexibility index (Phi) is 4.09. The summed E-state index contributed by atoms with van der Waals surface area (Å²) in [5.74, 6) is 0. The third-order valence-corrected chi connectivity index (χ3v) is 2.48. The fourth-order valence-corrected chi connectivity index (χ4v) is 1.57. The van der Waals surface area contributed by atoms with Gasteiger partial charge in [-0.1, -0.05) is 32.4 Å². The van der Waals surface area contributed by atoms with Gasteiger partial charge >= 0.3 is 0 Å². The van der Waals surface area contributed by atoms with Crippen molar-refractivity contribution in [3.8, 4) is 0 Å². The van der Waals surface area contributed by atoms with Crippen LogP contribution in [0.5, 0.6) is 0 Å². The number of hydrogen-bond acceptors (Lipinski definition) is 2. The summed E-state index contributed by atoms with van der Waals surface area (Å²) in [6.45, 7) is 7.55. The Labute approximate surface area is 104 Å². The average molecular weight is 241 g/mol. The average Bonchev–Trinajstić information content (AvgIpc) is 2.13. The molecule has 0 saturated carbocycles. The van der Waals surface area contributed by atoms with Crippen LogP contribution in [0.3, 0.4) is 0 Å². The van der Waals surface area contributed by atoms with Crippen molar-refractivity contribution in [3.63, 3.8) is 0 Å². The Bertz CT molecular complexity index is 353. The second kappa shape index (κ2) is 4.96. The minimum Gasteiger partial charge on any atom is -0.383 e. The molecule has 0 radical (unpaired) electrons. The van der Waals surface area contributed by atoms with Crippen molar-refractivity contribution in [2.75, 3.05) is 30.9 Å². The molecular formula is C13H21ClN2. The van der Waals surface area contributed by atoms with Crippen LogP contribution in [0.25, 0.3) is 0 Å². The first-order valence-electron chi connectivity index (χ1n) is 5.50. The maximum atomic E-state index is 6.01. The predicted molar refractivity (Wildman–Crippen MR) is 73.7 cm³/mol. The van der Waals surface area contributed by atoms with Crippen LogP contribution in [0.2, 0.25) is 5.02 Å². The van der Waals surface area contributed by atoms with Crippen molar-refractivity contribution >= 4 is 23.0 Å². The fraction of sp³-hybridized carbons (Fsp3) is 0.538. The largest absolute Gasteiger partial charge is 0.383 e. The van der Waals surface area contributed by atoms with Crippen LogP contribution in [0, 0.1) is 5.41 Å². The van der Waals surface area contributed by atoms with Gasteiger partial charge in [0.1, 0.15) is 0 Å². The lowest BCUT2D eigenvalue weighted by Crippen LogP contribution is -2.20. The highest BCUT2D eigenvalue weighted by atomic mass is 35.5. The summed E-state index contributed by atoms with van der Waals surface area (Å²) in [6.07, 6.45) is 0. The van der Waals surface area contributed by atoms with Crippen LogP contribution < -0.4 is 10.2 Å². The molecule has 3 heteroatoms. The molecule has 1 N–H and O–H groups in total. The van der Waals surface area contributed by atoms with E-state index in [0.29, 0.717) is 0 Å². The van der Waals surface area contributed by atoms with Gasteiger partial charge in [0.15, 0.2) is 0 Å². The molecule has 1 aromatic rings. The number of benzene rings is 1. The van der Waals surface area contributed by atoms with E-state index in [9.17, 15) is 0 Å². The molecule has 0 aliphatic rings. The lowest BCUT2D eigenvalue weighted by atomic mass is 9.97. The molecular weight excluding hydrogens is 220 g/mol. The molecule has 16 heavy (non-hydrogen) atoms. The molecule has 0 atom stereocenters. The van der Waals surface area contributed by atoms with Gasteiger partial charge in [-0.25, -0.2) is 0 Å². The van der Waals surface area contributed by atoms with Crippen LogP contribution in [0.4, 0.5) is 11.4 Å². The maximum Gasteiger partial charge on any atom is 0.0597 e. The number of rotatable bonds is 3. The highest BCUT2D eigenvalue weighted by Gasteiger charge is 2.11. The Morgan fingerprint density at radius 3 is 2.38 bits per heavy atom. The van der Waals surface area contributed by atoms with Gasteiger partial charge in [0.05, 0.1) is 11.4 Å². The van der Waals surface area contributed by atoms with E-state index in [1.165, 1.54) is 0 Å². The molecule has 0 bridgehead atoms. The Balaban J connectivity index is 2.88. The molecule has 1 aromatic carbocycles. The van der Waals surface area contributed by atoms with Crippen molar-refractivity contribution in [2.24, 2.45) is 5.41 Å². The normalized spacial score (nSPS) is 11.4. The summed E-state index contributed by atoms with van der Waals surface area (Å²) in [6, 6.07) is 5.93. The van der Waals surface area contributed by atoms with Gasteiger partial charge in [0.25, 0.3) is 0 Å². The number of hydrogen-bond donors (Lipinski definition) is 1. The van der Waals surface area contributed by atoms with E-state index in [2.05, 4.69) is 31.0 Å². The van der Waals surface area contributed by atoms with E-state index >= 15 is 0 Å². The molecule has 90 valence electrons. The van der Waals surface area contributed by atoms with Crippen LogP contribution in [0.15, 0.2) is 18.2 Å². The van der Waals surface area contributed by atoms with Crippen molar-refractivity contribution in [2.45, 2.75) is 20.8 Å². The summed E-state index contributed by atoms with van der Waals surface area (Å²) in [7, 11) is 4.07. The third kappa shape index (κ3) is 3.93. The second-order valence-electron chi connectivity index (χ2n) is 5.47. The smallest absolute Gasteiger partial charge is 0.0597 e. The lowest BCUT2D eigenvalue weighted by Gasteiger charge is -2.23. The molecule has 0 heterocycles. The summed E-state index contributed by atoms with van der Waals surface area (Å²) < 4.78 is 0. The van der Waals surface area contributed by atoms with E-state index < -0.39 is 0 Å². The zero-order valence-corrected chi connectivity index (χ0v) is 11.5. The summed E-state index contributed by atoms with van der Waals surface area (Å²) in [4.78, 5) is 2.08. The zero-order valence-electron chi connectivity index (χ0n) is 10.8. The Morgan fingerprint density at radius 1 is 1.25 bits per heavy atom. The molecule has 0 amide bonds. The lowest BCUT2D eigenvalue weighted by molar-refractivity contribution is 0.443. The van der Waals surface area contributed by atoms with Gasteiger partial charge in [-0.3, -0.25) is 0 Å². The van der Waals surface area contributed by atoms with E-state index in [4.69, 9.17) is 11.6 Å². The molecule has 0 aliphatic carbocycles. The molecule has 0 spiro atoms.